The van der Waals surface area contributed by atoms with Crippen LogP contribution in [0.2, 0.25) is 0 Å². The smallest absolute Gasteiger partial charge is 0.279 e. The summed E-state index contributed by atoms with van der Waals surface area (Å²) in [6, 6.07) is 0. The Morgan fingerprint density at radius 3 is 2.38 bits per heavy atom. The first-order chi connectivity index (χ1) is 10.1. The maximum Gasteiger partial charge on any atom is 0.279 e. The second-order valence-electron chi connectivity index (χ2n) is 6.11. The van der Waals surface area contributed by atoms with Gasteiger partial charge in [0.25, 0.3) is 10.2 Å². The zero-order valence-electron chi connectivity index (χ0n) is 12.8. The first-order valence-corrected chi connectivity index (χ1v) is 9.62. The number of nitrogens with one attached hydrogen (secondary N) is 1. The maximum absolute atomic E-state index is 12.2. The molecule has 1 saturated carbocycles. The fourth-order valence-electron chi connectivity index (χ4n) is 3.10. The molecular formula is C14H29N3O3S. The molecule has 21 heavy (non-hydrogen) atoms. The third kappa shape index (κ3) is 5.49. The summed E-state index contributed by atoms with van der Waals surface area (Å²) in [6.45, 7) is 2.61. The van der Waals surface area contributed by atoms with Gasteiger partial charge in [-0.15, -0.1) is 0 Å². The molecular weight excluding hydrogens is 290 g/mol. The van der Waals surface area contributed by atoms with E-state index in [9.17, 15) is 8.42 Å². The Morgan fingerprint density at radius 1 is 1.10 bits per heavy atom. The second kappa shape index (κ2) is 8.43. The quantitative estimate of drug-likeness (QED) is 0.681. The number of ether oxygens (including phenoxy) is 1. The van der Waals surface area contributed by atoms with Crippen molar-refractivity contribution >= 4 is 10.2 Å². The molecule has 1 heterocycles. The topological polar surface area (TPSA) is 84.7 Å². The molecule has 0 aromatic rings. The van der Waals surface area contributed by atoms with E-state index in [4.69, 9.17) is 10.5 Å². The lowest BCUT2D eigenvalue weighted by Crippen LogP contribution is -2.46. The van der Waals surface area contributed by atoms with Crippen LogP contribution in [-0.2, 0) is 14.9 Å². The monoisotopic (exact) mass is 319 g/mol. The Bertz CT molecular complexity index is 388. The summed E-state index contributed by atoms with van der Waals surface area (Å²) in [5, 5.41) is 0. The van der Waals surface area contributed by atoms with Gasteiger partial charge in [-0.1, -0.05) is 19.3 Å². The predicted molar refractivity (Wildman–Crippen MR) is 83.1 cm³/mol. The van der Waals surface area contributed by atoms with E-state index in [1.807, 2.05) is 0 Å². The van der Waals surface area contributed by atoms with E-state index in [1.165, 1.54) is 23.6 Å². The van der Waals surface area contributed by atoms with Crippen molar-refractivity contribution in [2.24, 2.45) is 11.7 Å². The SMILES string of the molecule is NCC1CCN(S(=O)(=O)NCCOC2CCCCC2)CC1. The first kappa shape index (κ1) is 17.1. The van der Waals surface area contributed by atoms with Gasteiger partial charge >= 0.3 is 0 Å². The van der Waals surface area contributed by atoms with Gasteiger partial charge in [0.05, 0.1) is 12.7 Å². The fraction of sp³-hybridized carbons (Fsp3) is 1.00. The molecule has 0 atom stereocenters. The summed E-state index contributed by atoms with van der Waals surface area (Å²) in [7, 11) is -3.36. The van der Waals surface area contributed by atoms with Gasteiger partial charge in [0.1, 0.15) is 0 Å². The lowest BCUT2D eigenvalue weighted by Gasteiger charge is -2.30. The highest BCUT2D eigenvalue weighted by Gasteiger charge is 2.27. The van der Waals surface area contributed by atoms with Gasteiger partial charge in [0, 0.05) is 19.6 Å². The van der Waals surface area contributed by atoms with Gasteiger partial charge in [-0.3, -0.25) is 0 Å². The van der Waals surface area contributed by atoms with E-state index >= 15 is 0 Å². The zero-order valence-corrected chi connectivity index (χ0v) is 13.6. The summed E-state index contributed by atoms with van der Waals surface area (Å²) >= 11 is 0. The molecule has 3 N–H and O–H groups in total. The van der Waals surface area contributed by atoms with Crippen molar-refractivity contribution in [1.29, 1.82) is 0 Å². The minimum absolute atomic E-state index is 0.323. The Balaban J connectivity index is 1.64. The van der Waals surface area contributed by atoms with Crippen LogP contribution in [0, 0.1) is 5.92 Å². The average Bonchev–Trinajstić information content (AvgIpc) is 2.53. The van der Waals surface area contributed by atoms with Gasteiger partial charge in [0.15, 0.2) is 0 Å². The van der Waals surface area contributed by atoms with Crippen molar-refractivity contribution < 1.29 is 13.2 Å². The summed E-state index contributed by atoms with van der Waals surface area (Å²) in [5.41, 5.74) is 5.63. The molecule has 0 amide bonds. The molecule has 1 aliphatic carbocycles. The number of rotatable bonds is 7. The molecule has 2 fully saturated rings. The van der Waals surface area contributed by atoms with E-state index in [0.717, 1.165) is 25.7 Å². The van der Waals surface area contributed by atoms with Crippen LogP contribution < -0.4 is 10.5 Å². The summed E-state index contributed by atoms with van der Waals surface area (Å²) in [4.78, 5) is 0. The van der Waals surface area contributed by atoms with Crippen LogP contribution in [0.15, 0.2) is 0 Å². The third-order valence-electron chi connectivity index (χ3n) is 4.54. The van der Waals surface area contributed by atoms with Crippen LogP contribution in [0.25, 0.3) is 0 Å². The van der Waals surface area contributed by atoms with Gasteiger partial charge < -0.3 is 10.5 Å². The van der Waals surface area contributed by atoms with E-state index in [0.29, 0.717) is 44.8 Å². The predicted octanol–water partition coefficient (Wildman–Crippen LogP) is 0.841. The van der Waals surface area contributed by atoms with Crippen molar-refractivity contribution in [2.75, 3.05) is 32.8 Å². The molecule has 0 radical (unpaired) electrons. The molecule has 0 bridgehead atoms. The molecule has 2 aliphatic rings. The molecule has 0 aromatic heterocycles. The van der Waals surface area contributed by atoms with Gasteiger partial charge in [-0.25, -0.2) is 0 Å². The van der Waals surface area contributed by atoms with Crippen LogP contribution in [-0.4, -0.2) is 51.6 Å². The number of nitrogens with zero attached hydrogens (tertiary/aromatic N) is 1. The van der Waals surface area contributed by atoms with Crippen LogP contribution in [0.4, 0.5) is 0 Å². The van der Waals surface area contributed by atoms with E-state index in [2.05, 4.69) is 4.72 Å². The minimum Gasteiger partial charge on any atom is -0.377 e. The third-order valence-corrected chi connectivity index (χ3v) is 6.15. The van der Waals surface area contributed by atoms with E-state index < -0.39 is 10.2 Å². The lowest BCUT2D eigenvalue weighted by molar-refractivity contribution is 0.0319. The van der Waals surface area contributed by atoms with Crippen molar-refractivity contribution in [2.45, 2.75) is 51.0 Å². The van der Waals surface area contributed by atoms with E-state index in [-0.39, 0.29) is 0 Å². The molecule has 124 valence electrons. The van der Waals surface area contributed by atoms with Gasteiger partial charge in [0.2, 0.25) is 0 Å². The highest BCUT2D eigenvalue weighted by atomic mass is 32.2. The molecule has 6 nitrogen and oxygen atoms in total. The van der Waals surface area contributed by atoms with Crippen molar-refractivity contribution in [1.82, 2.24) is 9.03 Å². The van der Waals surface area contributed by atoms with Crippen LogP contribution >= 0.6 is 0 Å². The maximum atomic E-state index is 12.2. The number of hydrogen-bond acceptors (Lipinski definition) is 4. The zero-order chi connectivity index (χ0) is 15.1. The summed E-state index contributed by atoms with van der Waals surface area (Å²) in [5.74, 6) is 0.464. The van der Waals surface area contributed by atoms with Crippen LogP contribution in [0.1, 0.15) is 44.9 Å². The van der Waals surface area contributed by atoms with Crippen molar-refractivity contribution in [3.63, 3.8) is 0 Å². The van der Waals surface area contributed by atoms with Crippen LogP contribution in [0.3, 0.4) is 0 Å². The molecule has 1 aliphatic heterocycles. The largest absolute Gasteiger partial charge is 0.377 e. The highest BCUT2D eigenvalue weighted by molar-refractivity contribution is 7.87. The number of nitrogens with two attached hydrogens (primary N) is 1. The van der Waals surface area contributed by atoms with Crippen LogP contribution in [0.5, 0.6) is 0 Å². The van der Waals surface area contributed by atoms with Crippen molar-refractivity contribution in [3.8, 4) is 0 Å². The summed E-state index contributed by atoms with van der Waals surface area (Å²) < 4.78 is 34.2. The Labute approximate surface area is 128 Å². The minimum atomic E-state index is -3.36. The summed E-state index contributed by atoms with van der Waals surface area (Å²) in [6.07, 6.45) is 8.01. The molecule has 1 saturated heterocycles. The number of hydrogen-bond donors (Lipinski definition) is 2. The molecule has 0 unspecified atom stereocenters. The highest BCUT2D eigenvalue weighted by Crippen LogP contribution is 2.20. The lowest BCUT2D eigenvalue weighted by atomic mass is 9.98. The fourth-order valence-corrected chi connectivity index (χ4v) is 4.32. The van der Waals surface area contributed by atoms with Gasteiger partial charge in [-0.05, 0) is 38.1 Å². The molecule has 7 heteroatoms. The standard InChI is InChI=1S/C14H29N3O3S/c15-12-13-6-9-17(10-7-13)21(18,19)16-8-11-20-14-4-2-1-3-5-14/h13-14,16H,1-12,15H2. The van der Waals surface area contributed by atoms with Crippen molar-refractivity contribution in [3.05, 3.63) is 0 Å². The van der Waals surface area contributed by atoms with Gasteiger partial charge in [-0.2, -0.15) is 17.4 Å². The molecule has 0 aromatic carbocycles. The first-order valence-electron chi connectivity index (χ1n) is 8.18. The average molecular weight is 319 g/mol. The Morgan fingerprint density at radius 2 is 1.76 bits per heavy atom. The Hall–Kier alpha value is -0.210. The Kier molecular flexibility index (Phi) is 6.88. The molecule has 0 spiro atoms. The van der Waals surface area contributed by atoms with E-state index in [1.54, 1.807) is 0 Å². The molecule has 2 rings (SSSR count). The second-order valence-corrected chi connectivity index (χ2v) is 7.86. The normalized spacial score (nSPS) is 23.5. The number of piperidine rings is 1.